The molecule has 1 N–H and O–H groups in total. The first kappa shape index (κ1) is 20.0. The highest BCUT2D eigenvalue weighted by molar-refractivity contribution is 5.91. The molecular formula is C19H22N2O6. The van der Waals surface area contributed by atoms with Gasteiger partial charge in [-0.2, -0.15) is 0 Å². The summed E-state index contributed by atoms with van der Waals surface area (Å²) in [6, 6.07) is 7.88. The molecule has 0 fully saturated rings. The summed E-state index contributed by atoms with van der Waals surface area (Å²) in [7, 11) is 0. The SMILES string of the molecule is CCOc1ccc([C@H](C)NC(=O)/C=C/c2ccc([N+](=O)[O-])o2)cc1OCC. The normalized spacial score (nSPS) is 12.0. The molecule has 0 radical (unpaired) electrons. The molecule has 144 valence electrons. The van der Waals surface area contributed by atoms with Gasteiger partial charge in [-0.25, -0.2) is 0 Å². The summed E-state index contributed by atoms with van der Waals surface area (Å²) >= 11 is 0. The number of carbonyl (C=O) groups is 1. The van der Waals surface area contributed by atoms with E-state index < -0.39 is 4.92 Å². The maximum Gasteiger partial charge on any atom is 0.433 e. The van der Waals surface area contributed by atoms with Gasteiger partial charge < -0.3 is 19.2 Å². The highest BCUT2D eigenvalue weighted by Gasteiger charge is 2.13. The topological polar surface area (TPSA) is 104 Å². The number of nitro groups is 1. The van der Waals surface area contributed by atoms with E-state index in [1.165, 1.54) is 24.3 Å². The van der Waals surface area contributed by atoms with Crippen LogP contribution < -0.4 is 14.8 Å². The summed E-state index contributed by atoms with van der Waals surface area (Å²) in [5.41, 5.74) is 0.859. The lowest BCUT2D eigenvalue weighted by atomic mass is 10.1. The quantitative estimate of drug-likeness (QED) is 0.406. The van der Waals surface area contributed by atoms with E-state index in [-0.39, 0.29) is 23.6 Å². The number of rotatable bonds is 9. The van der Waals surface area contributed by atoms with Crippen LogP contribution in [0.15, 0.2) is 40.8 Å². The van der Waals surface area contributed by atoms with E-state index in [1.807, 2.05) is 39.0 Å². The predicted molar refractivity (Wildman–Crippen MR) is 99.7 cm³/mol. The minimum absolute atomic E-state index is 0.226. The number of benzene rings is 1. The van der Waals surface area contributed by atoms with Crippen LogP contribution in [0.5, 0.6) is 11.5 Å². The van der Waals surface area contributed by atoms with Gasteiger partial charge in [0, 0.05) is 6.08 Å². The van der Waals surface area contributed by atoms with Crippen molar-refractivity contribution in [3.63, 3.8) is 0 Å². The molecule has 0 aliphatic carbocycles. The largest absolute Gasteiger partial charge is 0.490 e. The molecule has 0 spiro atoms. The highest BCUT2D eigenvalue weighted by Crippen LogP contribution is 2.30. The van der Waals surface area contributed by atoms with Crippen molar-refractivity contribution in [1.29, 1.82) is 0 Å². The molecule has 0 bridgehead atoms. The Morgan fingerprint density at radius 2 is 1.93 bits per heavy atom. The smallest absolute Gasteiger partial charge is 0.433 e. The minimum Gasteiger partial charge on any atom is -0.490 e. The molecule has 1 aromatic carbocycles. The molecule has 1 atom stereocenters. The van der Waals surface area contributed by atoms with Gasteiger partial charge >= 0.3 is 5.88 Å². The first-order valence-corrected chi connectivity index (χ1v) is 8.57. The van der Waals surface area contributed by atoms with Gasteiger partial charge in [0.1, 0.15) is 10.7 Å². The molecule has 0 aliphatic rings. The Hall–Kier alpha value is -3.29. The fourth-order valence-electron chi connectivity index (χ4n) is 2.37. The lowest BCUT2D eigenvalue weighted by Crippen LogP contribution is -2.24. The molecule has 1 amide bonds. The number of hydrogen-bond acceptors (Lipinski definition) is 6. The third kappa shape index (κ3) is 5.60. The van der Waals surface area contributed by atoms with Gasteiger partial charge in [-0.05, 0) is 50.6 Å². The fourth-order valence-corrected chi connectivity index (χ4v) is 2.37. The van der Waals surface area contributed by atoms with Gasteiger partial charge in [-0.15, -0.1) is 0 Å². The summed E-state index contributed by atoms with van der Waals surface area (Å²) in [4.78, 5) is 22.0. The average Bonchev–Trinajstić information content (AvgIpc) is 3.11. The van der Waals surface area contributed by atoms with Crippen molar-refractivity contribution in [1.82, 2.24) is 5.32 Å². The Labute approximate surface area is 156 Å². The standard InChI is InChI=1S/C19H22N2O6/c1-4-25-16-9-6-14(12-17(16)26-5-2)13(3)20-18(22)10-7-15-8-11-19(27-15)21(23)24/h6-13H,4-5H2,1-3H3,(H,20,22)/b10-7+/t13-/m0/s1. The third-order valence-electron chi connectivity index (χ3n) is 3.62. The summed E-state index contributed by atoms with van der Waals surface area (Å²) in [5, 5.41) is 13.4. The van der Waals surface area contributed by atoms with Crippen LogP contribution in [0.1, 0.15) is 38.1 Å². The van der Waals surface area contributed by atoms with Gasteiger partial charge in [0.05, 0.1) is 25.3 Å². The Balaban J connectivity index is 2.03. The molecule has 0 saturated carbocycles. The average molecular weight is 374 g/mol. The molecule has 0 aliphatic heterocycles. The summed E-state index contributed by atoms with van der Waals surface area (Å²) in [5.74, 6) is 0.774. The molecule has 1 heterocycles. The van der Waals surface area contributed by atoms with E-state index >= 15 is 0 Å². The number of nitrogens with zero attached hydrogens (tertiary/aromatic N) is 1. The van der Waals surface area contributed by atoms with Gasteiger partial charge in [0.15, 0.2) is 11.5 Å². The van der Waals surface area contributed by atoms with Crippen molar-refractivity contribution in [2.24, 2.45) is 0 Å². The zero-order chi connectivity index (χ0) is 19.8. The number of carbonyl (C=O) groups excluding carboxylic acids is 1. The minimum atomic E-state index is -0.638. The van der Waals surface area contributed by atoms with E-state index in [0.717, 1.165) is 5.56 Å². The van der Waals surface area contributed by atoms with Crippen molar-refractivity contribution < 1.29 is 23.6 Å². The lowest BCUT2D eigenvalue weighted by Gasteiger charge is -2.16. The van der Waals surface area contributed by atoms with Crippen LogP contribution in [-0.4, -0.2) is 24.0 Å². The van der Waals surface area contributed by atoms with Crippen LogP contribution in [-0.2, 0) is 4.79 Å². The van der Waals surface area contributed by atoms with Crippen LogP contribution >= 0.6 is 0 Å². The van der Waals surface area contributed by atoms with Crippen LogP contribution in [0.2, 0.25) is 0 Å². The number of ether oxygens (including phenoxy) is 2. The van der Waals surface area contributed by atoms with Crippen molar-refractivity contribution in [3.8, 4) is 11.5 Å². The summed E-state index contributed by atoms with van der Waals surface area (Å²) < 4.78 is 16.1. The number of amides is 1. The monoisotopic (exact) mass is 374 g/mol. The van der Waals surface area contributed by atoms with Crippen molar-refractivity contribution in [2.45, 2.75) is 26.8 Å². The second kappa shape index (κ2) is 9.42. The molecule has 8 nitrogen and oxygen atoms in total. The molecule has 0 saturated heterocycles. The van der Waals surface area contributed by atoms with Crippen LogP contribution in [0.3, 0.4) is 0 Å². The van der Waals surface area contributed by atoms with Gasteiger partial charge in [0.2, 0.25) is 5.91 Å². The van der Waals surface area contributed by atoms with Crippen molar-refractivity contribution in [2.75, 3.05) is 13.2 Å². The Morgan fingerprint density at radius 1 is 1.22 bits per heavy atom. The zero-order valence-corrected chi connectivity index (χ0v) is 15.4. The first-order valence-electron chi connectivity index (χ1n) is 8.57. The van der Waals surface area contributed by atoms with Crippen molar-refractivity contribution >= 4 is 17.9 Å². The summed E-state index contributed by atoms with van der Waals surface area (Å²) in [6.45, 7) is 6.66. The molecule has 27 heavy (non-hydrogen) atoms. The number of nitrogens with one attached hydrogen (secondary N) is 1. The zero-order valence-electron chi connectivity index (χ0n) is 15.4. The van der Waals surface area contributed by atoms with Crippen molar-refractivity contribution in [3.05, 3.63) is 57.8 Å². The van der Waals surface area contributed by atoms with Crippen LogP contribution in [0.4, 0.5) is 5.88 Å². The molecule has 0 unspecified atom stereocenters. The Kier molecular flexibility index (Phi) is 6.99. The Morgan fingerprint density at radius 3 is 2.56 bits per heavy atom. The predicted octanol–water partition coefficient (Wildman–Crippen LogP) is 3.88. The maximum atomic E-state index is 12.1. The lowest BCUT2D eigenvalue weighted by molar-refractivity contribution is -0.402. The Bertz CT molecular complexity index is 827. The third-order valence-corrected chi connectivity index (χ3v) is 3.62. The molecule has 2 aromatic rings. The number of furan rings is 1. The van der Waals surface area contributed by atoms with Crippen LogP contribution in [0.25, 0.3) is 6.08 Å². The molecular weight excluding hydrogens is 352 g/mol. The fraction of sp³-hybridized carbons (Fsp3) is 0.316. The van der Waals surface area contributed by atoms with Gasteiger partial charge in [-0.1, -0.05) is 6.07 Å². The van der Waals surface area contributed by atoms with Crippen LogP contribution in [0, 0.1) is 10.1 Å². The van der Waals surface area contributed by atoms with Gasteiger partial charge in [0.25, 0.3) is 0 Å². The highest BCUT2D eigenvalue weighted by atomic mass is 16.6. The maximum absolute atomic E-state index is 12.1. The van der Waals surface area contributed by atoms with E-state index in [1.54, 1.807) is 0 Å². The van der Waals surface area contributed by atoms with E-state index in [4.69, 9.17) is 13.9 Å². The summed E-state index contributed by atoms with van der Waals surface area (Å²) in [6.07, 6.45) is 2.63. The first-order chi connectivity index (χ1) is 12.9. The van der Waals surface area contributed by atoms with E-state index in [0.29, 0.717) is 24.7 Å². The number of hydrogen-bond donors (Lipinski definition) is 1. The van der Waals surface area contributed by atoms with Gasteiger partial charge in [-0.3, -0.25) is 14.9 Å². The second-order valence-electron chi connectivity index (χ2n) is 5.57. The van der Waals surface area contributed by atoms with E-state index in [9.17, 15) is 14.9 Å². The molecule has 2 rings (SSSR count). The molecule has 8 heteroatoms. The van der Waals surface area contributed by atoms with E-state index in [2.05, 4.69) is 5.32 Å². The molecule has 1 aromatic heterocycles. The second-order valence-corrected chi connectivity index (χ2v) is 5.57.